The number of Topliss-reactive ketones (excluding diaryl/α,β-unsaturated/α-hetero) is 2. The van der Waals surface area contributed by atoms with E-state index in [1.54, 1.807) is 29.1 Å². The van der Waals surface area contributed by atoms with Gasteiger partial charge in [-0.1, -0.05) is 20.8 Å². The van der Waals surface area contributed by atoms with Gasteiger partial charge >= 0.3 is 0 Å². The molecule has 0 aliphatic heterocycles. The summed E-state index contributed by atoms with van der Waals surface area (Å²) in [5.41, 5.74) is 0.281. The fourth-order valence-corrected chi connectivity index (χ4v) is 1.23. The number of rotatable bonds is 3. The average Bonchev–Trinajstić information content (AvgIpc) is 2.16. The molecule has 3 nitrogen and oxygen atoms in total. The molecule has 1 heterocycles. The Morgan fingerprint density at radius 1 is 1.31 bits per heavy atom. The molecule has 0 aromatic carbocycles. The Kier molecular flexibility index (Phi) is 3.58. The van der Waals surface area contributed by atoms with E-state index in [1.807, 2.05) is 20.8 Å². The monoisotopic (exact) mass is 220 g/mol. The predicted molar refractivity (Wildman–Crippen MR) is 61.1 cm³/mol. The molecule has 0 bridgehead atoms. The van der Waals surface area contributed by atoms with Crippen molar-refractivity contribution in [2.45, 2.75) is 34.2 Å². The Hall–Kier alpha value is -1.51. The predicted octanol–water partition coefficient (Wildman–Crippen LogP) is 1.79. The molecule has 86 valence electrons. The lowest BCUT2D eigenvalue weighted by atomic mass is 9.91. The molecule has 0 saturated carbocycles. The van der Waals surface area contributed by atoms with E-state index >= 15 is 0 Å². The zero-order chi connectivity index (χ0) is 12.3. The third kappa shape index (κ3) is 3.26. The first-order valence-electron chi connectivity index (χ1n) is 5.34. The molecule has 1 rings (SSSR count). The topological polar surface area (TPSA) is 38.0 Å². The van der Waals surface area contributed by atoms with Gasteiger partial charge in [-0.3, -0.25) is 9.59 Å². The molecule has 0 unspecified atom stereocenters. The molecule has 0 aliphatic carbocycles. The molecular formula is C13H18NO2+. The number of ketones is 2. The fourth-order valence-electron chi connectivity index (χ4n) is 1.23. The van der Waals surface area contributed by atoms with Crippen LogP contribution in [0.15, 0.2) is 24.5 Å². The molecule has 0 amide bonds. The number of nitrogens with zero attached hydrogens (tertiary/aromatic N) is 1. The van der Waals surface area contributed by atoms with Gasteiger partial charge in [0.25, 0.3) is 0 Å². The van der Waals surface area contributed by atoms with Crippen LogP contribution in [-0.4, -0.2) is 11.6 Å². The number of carbonyl (C=O) groups excluding carboxylic acids is 2. The van der Waals surface area contributed by atoms with Crippen molar-refractivity contribution >= 4 is 11.6 Å². The molecule has 0 radical (unpaired) electrons. The van der Waals surface area contributed by atoms with Gasteiger partial charge < -0.3 is 0 Å². The minimum absolute atomic E-state index is 0.0116. The molecule has 3 heteroatoms. The van der Waals surface area contributed by atoms with Gasteiger partial charge in [0.05, 0.1) is 5.56 Å². The number of pyridine rings is 1. The summed E-state index contributed by atoms with van der Waals surface area (Å²) in [6.45, 7) is 7.51. The second kappa shape index (κ2) is 4.56. The molecular weight excluding hydrogens is 202 g/mol. The number of hydrogen-bond acceptors (Lipinski definition) is 2. The molecule has 0 spiro atoms. The van der Waals surface area contributed by atoms with Crippen molar-refractivity contribution < 1.29 is 14.2 Å². The van der Waals surface area contributed by atoms with E-state index in [2.05, 4.69) is 0 Å². The van der Waals surface area contributed by atoms with Crippen molar-refractivity contribution in [2.75, 3.05) is 0 Å². The van der Waals surface area contributed by atoms with Gasteiger partial charge in [-0.25, -0.2) is 0 Å². The lowest BCUT2D eigenvalue weighted by Crippen LogP contribution is -2.41. The largest absolute Gasteiger partial charge is 0.294 e. The third-order valence-electron chi connectivity index (χ3n) is 2.43. The van der Waals surface area contributed by atoms with Crippen LogP contribution in [0.4, 0.5) is 0 Å². The van der Waals surface area contributed by atoms with Crippen molar-refractivity contribution in [1.29, 1.82) is 0 Å². The van der Waals surface area contributed by atoms with Gasteiger partial charge in [0.2, 0.25) is 12.3 Å². The van der Waals surface area contributed by atoms with Crippen LogP contribution in [-0.2, 0) is 11.3 Å². The molecule has 0 saturated heterocycles. The van der Waals surface area contributed by atoms with Crippen LogP contribution >= 0.6 is 0 Å². The van der Waals surface area contributed by atoms with Crippen molar-refractivity contribution in [3.63, 3.8) is 0 Å². The van der Waals surface area contributed by atoms with E-state index in [9.17, 15) is 9.59 Å². The highest BCUT2D eigenvalue weighted by molar-refractivity contribution is 5.93. The van der Waals surface area contributed by atoms with Crippen molar-refractivity contribution in [2.24, 2.45) is 5.41 Å². The highest BCUT2D eigenvalue weighted by atomic mass is 16.1. The van der Waals surface area contributed by atoms with Crippen LogP contribution in [0.3, 0.4) is 0 Å². The van der Waals surface area contributed by atoms with Crippen LogP contribution in [0.1, 0.15) is 38.1 Å². The second-order valence-corrected chi connectivity index (χ2v) is 4.99. The molecule has 1 aromatic rings. The molecule has 0 aliphatic rings. The van der Waals surface area contributed by atoms with Crippen LogP contribution in [0.5, 0.6) is 0 Å². The van der Waals surface area contributed by atoms with E-state index in [-0.39, 0.29) is 17.0 Å². The quantitative estimate of drug-likeness (QED) is 0.575. The van der Waals surface area contributed by atoms with Gasteiger partial charge in [-0.2, -0.15) is 4.57 Å². The highest BCUT2D eigenvalue weighted by Gasteiger charge is 2.24. The van der Waals surface area contributed by atoms with Gasteiger partial charge in [0.15, 0.2) is 18.2 Å². The summed E-state index contributed by atoms with van der Waals surface area (Å²) in [6.07, 6.45) is 3.52. The Bertz CT molecular complexity index is 416. The summed E-state index contributed by atoms with van der Waals surface area (Å²) < 4.78 is 1.75. The van der Waals surface area contributed by atoms with E-state index in [1.165, 1.54) is 6.92 Å². The van der Waals surface area contributed by atoms with E-state index < -0.39 is 0 Å². The van der Waals surface area contributed by atoms with Crippen molar-refractivity contribution in [3.8, 4) is 0 Å². The van der Waals surface area contributed by atoms with Crippen molar-refractivity contribution in [3.05, 3.63) is 30.1 Å². The van der Waals surface area contributed by atoms with E-state index in [4.69, 9.17) is 0 Å². The summed E-state index contributed by atoms with van der Waals surface area (Å²) in [4.78, 5) is 23.0. The summed E-state index contributed by atoms with van der Waals surface area (Å²) >= 11 is 0. The fraction of sp³-hybridized carbons (Fsp3) is 0.462. The second-order valence-electron chi connectivity index (χ2n) is 4.99. The minimum Gasteiger partial charge on any atom is -0.294 e. The first kappa shape index (κ1) is 12.6. The first-order chi connectivity index (χ1) is 7.30. The zero-order valence-corrected chi connectivity index (χ0v) is 10.3. The normalized spacial score (nSPS) is 11.2. The van der Waals surface area contributed by atoms with Gasteiger partial charge in [-0.15, -0.1) is 0 Å². The smallest absolute Gasteiger partial charge is 0.207 e. The average molecular weight is 220 g/mol. The molecule has 0 N–H and O–H groups in total. The Balaban J connectivity index is 2.87. The van der Waals surface area contributed by atoms with E-state index in [0.717, 1.165) is 0 Å². The standard InChI is InChI=1S/C13H18NO2/c1-10(15)11-6-5-7-14(8-11)9-12(16)13(2,3)4/h5-8H,9H2,1-4H3/q+1. The number of carbonyl (C=O) groups is 2. The lowest BCUT2D eigenvalue weighted by molar-refractivity contribution is -0.684. The van der Waals surface area contributed by atoms with Crippen LogP contribution in [0, 0.1) is 5.41 Å². The zero-order valence-electron chi connectivity index (χ0n) is 10.3. The van der Waals surface area contributed by atoms with Crippen molar-refractivity contribution in [1.82, 2.24) is 0 Å². The molecule has 16 heavy (non-hydrogen) atoms. The molecule has 0 fully saturated rings. The van der Waals surface area contributed by atoms with Crippen LogP contribution in [0.25, 0.3) is 0 Å². The van der Waals surface area contributed by atoms with Crippen LogP contribution < -0.4 is 4.57 Å². The maximum Gasteiger partial charge on any atom is 0.207 e. The van der Waals surface area contributed by atoms with Gasteiger partial charge in [0, 0.05) is 11.5 Å². The maximum atomic E-state index is 11.8. The summed E-state index contributed by atoms with van der Waals surface area (Å²) in [5, 5.41) is 0. The van der Waals surface area contributed by atoms with Gasteiger partial charge in [-0.05, 0) is 13.0 Å². The van der Waals surface area contributed by atoms with Gasteiger partial charge in [0.1, 0.15) is 0 Å². The highest BCUT2D eigenvalue weighted by Crippen LogP contribution is 2.14. The summed E-state index contributed by atoms with van der Waals surface area (Å²) in [6, 6.07) is 3.53. The minimum atomic E-state index is -0.348. The van der Waals surface area contributed by atoms with E-state index in [0.29, 0.717) is 12.1 Å². The third-order valence-corrected chi connectivity index (χ3v) is 2.43. The summed E-state index contributed by atoms with van der Waals surface area (Å²) in [5.74, 6) is 0.163. The van der Waals surface area contributed by atoms with Crippen LogP contribution in [0.2, 0.25) is 0 Å². The lowest BCUT2D eigenvalue weighted by Gasteiger charge is -2.13. The number of aromatic nitrogens is 1. The Labute approximate surface area is 96.1 Å². The molecule has 1 aromatic heterocycles. The summed E-state index contributed by atoms with van der Waals surface area (Å²) in [7, 11) is 0. The molecule has 0 atom stereocenters. The first-order valence-corrected chi connectivity index (χ1v) is 5.34. The Morgan fingerprint density at radius 2 is 1.94 bits per heavy atom. The maximum absolute atomic E-state index is 11.8. The Morgan fingerprint density at radius 3 is 2.44 bits per heavy atom. The number of hydrogen-bond donors (Lipinski definition) is 0. The SMILES string of the molecule is CC(=O)c1ccc[n+](CC(=O)C(C)(C)C)c1.